The van der Waals surface area contributed by atoms with Crippen LogP contribution in [-0.2, 0) is 19.3 Å². The maximum absolute atomic E-state index is 11.9. The summed E-state index contributed by atoms with van der Waals surface area (Å²) in [5, 5.41) is 0. The average molecular weight is 358 g/mol. The standard InChI is InChI=1S/C20H23NOS2/c1-20(2)8-6-18-15(10-20)16(11-22)19(24-18)14-4-3-5-17-13(14)7-9-21(17)12-23/h3-5,11,23H,6-10,12H2,1-2H3. The van der Waals surface area contributed by atoms with E-state index < -0.39 is 0 Å². The summed E-state index contributed by atoms with van der Waals surface area (Å²) in [6.45, 7) is 5.64. The largest absolute Gasteiger partial charge is 0.362 e. The third-order valence-corrected chi connectivity index (χ3v) is 7.15. The summed E-state index contributed by atoms with van der Waals surface area (Å²) in [5.41, 5.74) is 6.47. The van der Waals surface area contributed by atoms with E-state index in [1.165, 1.54) is 38.6 Å². The topological polar surface area (TPSA) is 20.3 Å². The SMILES string of the molecule is CC1(C)CCc2sc(-c3cccc4c3CCN4CS)c(C=O)c2C1. The molecule has 4 rings (SSSR count). The van der Waals surface area contributed by atoms with Crippen LogP contribution in [0.5, 0.6) is 0 Å². The van der Waals surface area contributed by atoms with Crippen LogP contribution in [0.1, 0.15) is 46.6 Å². The van der Waals surface area contributed by atoms with Gasteiger partial charge in [0.25, 0.3) is 0 Å². The van der Waals surface area contributed by atoms with Gasteiger partial charge in [-0.05, 0) is 53.9 Å². The molecule has 2 heterocycles. The molecule has 2 aromatic rings. The molecule has 0 saturated carbocycles. The summed E-state index contributed by atoms with van der Waals surface area (Å²) in [7, 11) is 0. The highest BCUT2D eigenvalue weighted by Crippen LogP contribution is 2.46. The van der Waals surface area contributed by atoms with Crippen molar-refractivity contribution in [3.05, 3.63) is 39.8 Å². The quantitative estimate of drug-likeness (QED) is 0.617. The number of hydrogen-bond donors (Lipinski definition) is 1. The molecule has 0 spiro atoms. The van der Waals surface area contributed by atoms with Crippen molar-refractivity contribution in [1.82, 2.24) is 0 Å². The van der Waals surface area contributed by atoms with Gasteiger partial charge in [0.05, 0.1) is 5.88 Å². The van der Waals surface area contributed by atoms with Gasteiger partial charge in [0.1, 0.15) is 0 Å². The van der Waals surface area contributed by atoms with E-state index in [2.05, 4.69) is 49.6 Å². The number of aldehydes is 1. The molecule has 0 atom stereocenters. The molecule has 24 heavy (non-hydrogen) atoms. The normalized spacial score (nSPS) is 18.4. The minimum absolute atomic E-state index is 0.296. The first-order valence-electron chi connectivity index (χ1n) is 8.62. The van der Waals surface area contributed by atoms with Crippen molar-refractivity contribution >= 4 is 35.9 Å². The summed E-state index contributed by atoms with van der Waals surface area (Å²) in [4.78, 5) is 16.9. The predicted molar refractivity (Wildman–Crippen MR) is 106 cm³/mol. The van der Waals surface area contributed by atoms with Crippen LogP contribution in [0.2, 0.25) is 0 Å². The van der Waals surface area contributed by atoms with Gasteiger partial charge >= 0.3 is 0 Å². The molecular weight excluding hydrogens is 334 g/mol. The Morgan fingerprint density at radius 3 is 2.88 bits per heavy atom. The molecule has 0 fully saturated rings. The number of fused-ring (bicyclic) bond motifs is 2. The van der Waals surface area contributed by atoms with Crippen LogP contribution in [0, 0.1) is 5.41 Å². The Morgan fingerprint density at radius 1 is 1.29 bits per heavy atom. The first-order valence-corrected chi connectivity index (χ1v) is 10.1. The van der Waals surface area contributed by atoms with Gasteiger partial charge in [-0.25, -0.2) is 0 Å². The predicted octanol–water partition coefficient (Wildman–Crippen LogP) is 4.99. The van der Waals surface area contributed by atoms with Crippen molar-refractivity contribution in [1.29, 1.82) is 0 Å². The Balaban J connectivity index is 1.86. The van der Waals surface area contributed by atoms with Crippen molar-refractivity contribution < 1.29 is 4.79 Å². The van der Waals surface area contributed by atoms with E-state index in [0.717, 1.165) is 43.5 Å². The number of benzene rings is 1. The summed E-state index contributed by atoms with van der Waals surface area (Å²) in [6, 6.07) is 6.49. The smallest absolute Gasteiger partial charge is 0.151 e. The molecule has 1 aromatic heterocycles. The van der Waals surface area contributed by atoms with E-state index >= 15 is 0 Å². The number of aryl methyl sites for hydroxylation is 1. The van der Waals surface area contributed by atoms with Gasteiger partial charge in [-0.2, -0.15) is 12.6 Å². The lowest BCUT2D eigenvalue weighted by atomic mass is 9.76. The number of carbonyl (C=O) groups excluding carboxylic acids is 1. The zero-order valence-corrected chi connectivity index (χ0v) is 16.0. The molecular formula is C20H23NOS2. The zero-order valence-electron chi connectivity index (χ0n) is 14.3. The Labute approximate surface area is 153 Å². The molecule has 0 N–H and O–H groups in total. The molecule has 1 aliphatic heterocycles. The van der Waals surface area contributed by atoms with E-state index in [0.29, 0.717) is 5.41 Å². The Morgan fingerprint density at radius 2 is 2.12 bits per heavy atom. The Bertz CT molecular complexity index is 806. The molecule has 0 unspecified atom stereocenters. The summed E-state index contributed by atoms with van der Waals surface area (Å²) in [6.07, 6.45) is 5.46. The highest BCUT2D eigenvalue weighted by atomic mass is 32.1. The van der Waals surface area contributed by atoms with E-state index in [4.69, 9.17) is 0 Å². The number of carbonyl (C=O) groups is 1. The monoisotopic (exact) mass is 357 g/mol. The highest BCUT2D eigenvalue weighted by molar-refractivity contribution is 7.80. The van der Waals surface area contributed by atoms with Crippen LogP contribution >= 0.6 is 24.0 Å². The number of anilines is 1. The molecule has 0 amide bonds. The maximum atomic E-state index is 11.9. The summed E-state index contributed by atoms with van der Waals surface area (Å²) < 4.78 is 0. The molecule has 1 aromatic carbocycles. The number of hydrogen-bond acceptors (Lipinski definition) is 4. The van der Waals surface area contributed by atoms with E-state index in [9.17, 15) is 4.79 Å². The van der Waals surface area contributed by atoms with E-state index in [1.807, 2.05) is 11.3 Å². The van der Waals surface area contributed by atoms with Crippen molar-refractivity contribution in [3.8, 4) is 10.4 Å². The van der Waals surface area contributed by atoms with Gasteiger partial charge in [-0.15, -0.1) is 11.3 Å². The van der Waals surface area contributed by atoms with Crippen molar-refractivity contribution in [2.24, 2.45) is 5.41 Å². The number of nitrogens with zero attached hydrogens (tertiary/aromatic N) is 1. The summed E-state index contributed by atoms with van der Waals surface area (Å²) in [5.74, 6) is 0.742. The lowest BCUT2D eigenvalue weighted by Crippen LogP contribution is -2.21. The van der Waals surface area contributed by atoms with Crippen LogP contribution in [0.25, 0.3) is 10.4 Å². The third-order valence-electron chi connectivity index (χ3n) is 5.47. The fraction of sp³-hybridized carbons (Fsp3) is 0.450. The van der Waals surface area contributed by atoms with Gasteiger partial charge in [0.15, 0.2) is 6.29 Å². The second-order valence-corrected chi connectivity index (χ2v) is 9.05. The second-order valence-electron chi connectivity index (χ2n) is 7.66. The van der Waals surface area contributed by atoms with Crippen LogP contribution < -0.4 is 4.90 Å². The van der Waals surface area contributed by atoms with Crippen LogP contribution in [0.15, 0.2) is 18.2 Å². The first kappa shape index (κ1) is 16.2. The van der Waals surface area contributed by atoms with Crippen molar-refractivity contribution in [2.75, 3.05) is 17.3 Å². The number of thiol groups is 1. The van der Waals surface area contributed by atoms with Crippen molar-refractivity contribution in [2.45, 2.75) is 39.5 Å². The second kappa shape index (κ2) is 5.92. The zero-order chi connectivity index (χ0) is 16.9. The molecule has 1 aliphatic carbocycles. The van der Waals surface area contributed by atoms with Gasteiger partial charge in [-0.1, -0.05) is 26.0 Å². The van der Waals surface area contributed by atoms with Crippen LogP contribution in [0.3, 0.4) is 0 Å². The minimum atomic E-state index is 0.296. The summed E-state index contributed by atoms with van der Waals surface area (Å²) >= 11 is 6.30. The highest BCUT2D eigenvalue weighted by Gasteiger charge is 2.31. The Kier molecular flexibility index (Phi) is 4.00. The molecule has 4 heteroatoms. The fourth-order valence-electron chi connectivity index (χ4n) is 4.13. The molecule has 2 nitrogen and oxygen atoms in total. The minimum Gasteiger partial charge on any atom is -0.362 e. The number of rotatable bonds is 3. The molecule has 0 radical (unpaired) electrons. The first-order chi connectivity index (χ1) is 11.5. The fourth-order valence-corrected chi connectivity index (χ4v) is 5.76. The van der Waals surface area contributed by atoms with Gasteiger partial charge < -0.3 is 4.90 Å². The molecule has 2 aliphatic rings. The van der Waals surface area contributed by atoms with Crippen LogP contribution in [-0.4, -0.2) is 18.7 Å². The maximum Gasteiger partial charge on any atom is 0.151 e. The lowest BCUT2D eigenvalue weighted by Gasteiger charge is -2.29. The molecule has 0 saturated heterocycles. The van der Waals surface area contributed by atoms with Crippen LogP contribution in [0.4, 0.5) is 5.69 Å². The average Bonchev–Trinajstić information content (AvgIpc) is 3.13. The molecule has 126 valence electrons. The van der Waals surface area contributed by atoms with E-state index in [1.54, 1.807) is 0 Å². The van der Waals surface area contributed by atoms with Gasteiger partial charge in [-0.3, -0.25) is 4.79 Å². The number of thiophene rings is 1. The van der Waals surface area contributed by atoms with Gasteiger partial charge in [0.2, 0.25) is 0 Å². The van der Waals surface area contributed by atoms with E-state index in [-0.39, 0.29) is 0 Å². The van der Waals surface area contributed by atoms with Crippen molar-refractivity contribution in [3.63, 3.8) is 0 Å². The Hall–Kier alpha value is -1.26. The molecule has 0 bridgehead atoms. The third kappa shape index (κ3) is 2.51. The van der Waals surface area contributed by atoms with Gasteiger partial charge in [0, 0.05) is 27.5 Å². The lowest BCUT2D eigenvalue weighted by molar-refractivity contribution is 0.112.